The zero-order valence-electron chi connectivity index (χ0n) is 10.7. The van der Waals surface area contributed by atoms with Crippen LogP contribution in [-0.4, -0.2) is 22.4 Å². The van der Waals surface area contributed by atoms with Crippen LogP contribution in [0.1, 0.15) is 12.0 Å². The van der Waals surface area contributed by atoms with E-state index in [4.69, 9.17) is 9.68 Å². The largest absolute Gasteiger partial charge is 0.419 e. The van der Waals surface area contributed by atoms with E-state index in [2.05, 4.69) is 0 Å². The second-order valence-electron chi connectivity index (χ2n) is 4.31. The fourth-order valence-corrected chi connectivity index (χ4v) is 1.84. The van der Waals surface area contributed by atoms with E-state index in [0.717, 1.165) is 5.56 Å². The number of nitriles is 1. The predicted molar refractivity (Wildman–Crippen MR) is 68.2 cm³/mol. The lowest BCUT2D eigenvalue weighted by atomic mass is 10.2. The highest BCUT2D eigenvalue weighted by Crippen LogP contribution is 2.15. The van der Waals surface area contributed by atoms with Crippen LogP contribution in [0.2, 0.25) is 0 Å². The molecule has 1 aromatic heterocycles. The molecule has 0 radical (unpaired) electrons. The molecular weight excluding hydrogens is 246 g/mol. The summed E-state index contributed by atoms with van der Waals surface area (Å²) in [6.45, 7) is 0.370. The second-order valence-corrected chi connectivity index (χ2v) is 4.31. The maximum atomic E-state index is 11.5. The van der Waals surface area contributed by atoms with E-state index in [-0.39, 0.29) is 12.3 Å². The molecule has 6 nitrogen and oxygen atoms in total. The third kappa shape index (κ3) is 2.50. The minimum atomic E-state index is -0.416. The van der Waals surface area contributed by atoms with Crippen LogP contribution < -0.4 is 5.76 Å². The fourth-order valence-electron chi connectivity index (χ4n) is 1.84. The summed E-state index contributed by atoms with van der Waals surface area (Å²) in [6.07, 6.45) is -0.140. The van der Waals surface area contributed by atoms with Crippen LogP contribution in [0, 0.1) is 11.3 Å². The van der Waals surface area contributed by atoms with Crippen LogP contribution in [0.25, 0.3) is 11.1 Å². The van der Waals surface area contributed by atoms with E-state index in [1.807, 2.05) is 12.1 Å². The molecule has 19 heavy (non-hydrogen) atoms. The zero-order chi connectivity index (χ0) is 14.0. The van der Waals surface area contributed by atoms with Crippen LogP contribution in [-0.2, 0) is 18.4 Å². The Balaban J connectivity index is 2.25. The Kier molecular flexibility index (Phi) is 3.38. The average molecular weight is 259 g/mol. The van der Waals surface area contributed by atoms with Crippen molar-refractivity contribution in [1.29, 1.82) is 5.26 Å². The number of aromatic nitrogens is 1. The van der Waals surface area contributed by atoms with Gasteiger partial charge in [-0.1, -0.05) is 6.07 Å². The molecule has 0 unspecified atom stereocenters. The third-order valence-electron chi connectivity index (χ3n) is 2.93. The number of amides is 1. The lowest BCUT2D eigenvalue weighted by Gasteiger charge is -2.15. The molecule has 1 amide bonds. The van der Waals surface area contributed by atoms with Gasteiger partial charge in [-0.2, -0.15) is 5.26 Å². The lowest BCUT2D eigenvalue weighted by molar-refractivity contribution is -0.129. The van der Waals surface area contributed by atoms with Gasteiger partial charge in [-0.25, -0.2) is 4.79 Å². The van der Waals surface area contributed by atoms with Crippen molar-refractivity contribution in [2.45, 2.75) is 13.0 Å². The normalized spacial score (nSPS) is 10.4. The van der Waals surface area contributed by atoms with Gasteiger partial charge in [0, 0.05) is 20.6 Å². The first-order chi connectivity index (χ1) is 9.02. The van der Waals surface area contributed by atoms with E-state index in [9.17, 15) is 9.59 Å². The van der Waals surface area contributed by atoms with Crippen molar-refractivity contribution in [3.63, 3.8) is 0 Å². The third-order valence-corrected chi connectivity index (χ3v) is 2.93. The van der Waals surface area contributed by atoms with Crippen LogP contribution in [0.3, 0.4) is 0 Å². The van der Waals surface area contributed by atoms with Crippen molar-refractivity contribution in [1.82, 2.24) is 9.47 Å². The monoisotopic (exact) mass is 259 g/mol. The molecule has 2 aromatic rings. The highest BCUT2D eigenvalue weighted by Gasteiger charge is 2.11. The molecule has 0 atom stereocenters. The van der Waals surface area contributed by atoms with Gasteiger partial charge in [0.25, 0.3) is 0 Å². The van der Waals surface area contributed by atoms with Gasteiger partial charge in [0.15, 0.2) is 5.58 Å². The number of fused-ring (bicyclic) bond motifs is 1. The predicted octanol–water partition coefficient (Wildman–Crippen LogP) is 1.00. The van der Waals surface area contributed by atoms with Gasteiger partial charge in [0.1, 0.15) is 6.42 Å². The smallest absolute Gasteiger partial charge is 0.408 e. The van der Waals surface area contributed by atoms with Crippen LogP contribution in [0.5, 0.6) is 0 Å². The number of nitrogens with zero attached hydrogens (tertiary/aromatic N) is 3. The van der Waals surface area contributed by atoms with Gasteiger partial charge < -0.3 is 9.32 Å². The molecule has 0 fully saturated rings. The standard InChI is InChI=1S/C13H13N3O3/c1-15(12(17)5-6-14)8-9-3-4-10-11(7-9)19-13(18)16(10)2/h3-4,7H,5,8H2,1-2H3. The van der Waals surface area contributed by atoms with Gasteiger partial charge in [-0.05, 0) is 17.7 Å². The van der Waals surface area contributed by atoms with E-state index in [0.29, 0.717) is 17.6 Å². The fraction of sp³-hybridized carbons (Fsp3) is 0.308. The van der Waals surface area contributed by atoms with Crippen LogP contribution in [0.15, 0.2) is 27.4 Å². The Morgan fingerprint density at radius 2 is 2.26 bits per heavy atom. The number of carbonyl (C=O) groups is 1. The Morgan fingerprint density at radius 1 is 1.53 bits per heavy atom. The molecule has 2 rings (SSSR count). The summed E-state index contributed by atoms with van der Waals surface area (Å²) in [5.41, 5.74) is 2.04. The van der Waals surface area contributed by atoms with Gasteiger partial charge in [-0.15, -0.1) is 0 Å². The Labute approximate surface area is 109 Å². The van der Waals surface area contributed by atoms with Gasteiger partial charge in [-0.3, -0.25) is 9.36 Å². The summed E-state index contributed by atoms with van der Waals surface area (Å²) in [6, 6.07) is 7.15. The van der Waals surface area contributed by atoms with Gasteiger partial charge >= 0.3 is 5.76 Å². The topological polar surface area (TPSA) is 79.2 Å². The van der Waals surface area contributed by atoms with Crippen molar-refractivity contribution < 1.29 is 9.21 Å². The summed E-state index contributed by atoms with van der Waals surface area (Å²) in [5.74, 6) is -0.654. The molecule has 1 aromatic carbocycles. The number of benzene rings is 1. The molecule has 0 saturated carbocycles. The van der Waals surface area contributed by atoms with E-state index in [1.165, 1.54) is 9.47 Å². The minimum absolute atomic E-state index is 0.140. The Bertz CT molecular complexity index is 721. The second kappa shape index (κ2) is 4.98. The maximum Gasteiger partial charge on any atom is 0.419 e. The number of hydrogen-bond donors (Lipinski definition) is 0. The number of carbonyl (C=O) groups excluding carboxylic acids is 1. The molecule has 1 heterocycles. The minimum Gasteiger partial charge on any atom is -0.408 e. The first-order valence-electron chi connectivity index (χ1n) is 5.72. The molecule has 0 N–H and O–H groups in total. The molecule has 0 aliphatic carbocycles. The number of rotatable bonds is 3. The average Bonchev–Trinajstić information content (AvgIpc) is 2.65. The van der Waals surface area contributed by atoms with Crippen LogP contribution in [0.4, 0.5) is 0 Å². The molecular formula is C13H13N3O3. The number of hydrogen-bond acceptors (Lipinski definition) is 4. The van der Waals surface area contributed by atoms with Crippen molar-refractivity contribution in [3.05, 3.63) is 34.3 Å². The lowest BCUT2D eigenvalue weighted by Crippen LogP contribution is -2.25. The summed E-state index contributed by atoms with van der Waals surface area (Å²) in [7, 11) is 3.27. The highest BCUT2D eigenvalue weighted by atomic mass is 16.4. The Morgan fingerprint density at radius 3 is 2.95 bits per heavy atom. The summed E-state index contributed by atoms with van der Waals surface area (Å²) >= 11 is 0. The van der Waals surface area contributed by atoms with Crippen molar-refractivity contribution in [2.75, 3.05) is 7.05 Å². The maximum absolute atomic E-state index is 11.5. The van der Waals surface area contributed by atoms with E-state index < -0.39 is 5.76 Å². The summed E-state index contributed by atoms with van der Waals surface area (Å²) in [4.78, 5) is 24.3. The number of aryl methyl sites for hydroxylation is 1. The first-order valence-corrected chi connectivity index (χ1v) is 5.72. The SMILES string of the molecule is CN(Cc1ccc2c(c1)oc(=O)n2C)C(=O)CC#N. The molecule has 0 aliphatic rings. The van der Waals surface area contributed by atoms with E-state index in [1.54, 1.807) is 26.2 Å². The molecule has 0 saturated heterocycles. The first kappa shape index (κ1) is 12.9. The van der Waals surface area contributed by atoms with Crippen LogP contribution >= 0.6 is 0 Å². The zero-order valence-corrected chi connectivity index (χ0v) is 10.7. The van der Waals surface area contributed by atoms with Crippen molar-refractivity contribution in [2.24, 2.45) is 7.05 Å². The number of oxazole rings is 1. The van der Waals surface area contributed by atoms with E-state index >= 15 is 0 Å². The molecule has 6 heteroatoms. The summed E-state index contributed by atoms with van der Waals surface area (Å²) < 4.78 is 6.50. The van der Waals surface area contributed by atoms with Gasteiger partial charge in [0.05, 0.1) is 11.6 Å². The Hall–Kier alpha value is -2.55. The van der Waals surface area contributed by atoms with Crippen molar-refractivity contribution >= 4 is 17.0 Å². The molecule has 98 valence electrons. The quantitative estimate of drug-likeness (QED) is 0.823. The summed E-state index contributed by atoms with van der Waals surface area (Å²) in [5, 5.41) is 8.48. The highest BCUT2D eigenvalue weighted by molar-refractivity contribution is 5.78. The van der Waals surface area contributed by atoms with Crippen molar-refractivity contribution in [3.8, 4) is 6.07 Å². The molecule has 0 bridgehead atoms. The molecule has 0 spiro atoms. The molecule has 0 aliphatic heterocycles. The van der Waals surface area contributed by atoms with Gasteiger partial charge in [0.2, 0.25) is 5.91 Å².